The highest BCUT2D eigenvalue weighted by molar-refractivity contribution is 7.09. The van der Waals surface area contributed by atoms with Gasteiger partial charge in [0.2, 0.25) is 0 Å². The van der Waals surface area contributed by atoms with Crippen LogP contribution in [0.4, 0.5) is 0 Å². The van der Waals surface area contributed by atoms with Gasteiger partial charge in [-0.2, -0.15) is 4.99 Å². The second-order valence-corrected chi connectivity index (χ2v) is 9.22. The van der Waals surface area contributed by atoms with Crippen LogP contribution in [0.5, 0.6) is 0 Å². The van der Waals surface area contributed by atoms with E-state index in [0.29, 0.717) is 15.4 Å². The Balaban J connectivity index is 1.97. The third kappa shape index (κ3) is 4.23. The molecule has 0 bridgehead atoms. The van der Waals surface area contributed by atoms with Crippen LogP contribution in [0, 0.1) is 6.92 Å². The van der Waals surface area contributed by atoms with Crippen molar-refractivity contribution >= 4 is 28.8 Å². The number of amides is 1. The predicted molar refractivity (Wildman–Crippen MR) is 114 cm³/mol. The Labute approximate surface area is 169 Å². The van der Waals surface area contributed by atoms with Crippen molar-refractivity contribution in [2.24, 2.45) is 12.0 Å². The van der Waals surface area contributed by atoms with Gasteiger partial charge in [0.05, 0.1) is 5.69 Å². The van der Waals surface area contributed by atoms with Gasteiger partial charge in [0, 0.05) is 22.5 Å². The topological polar surface area (TPSA) is 34.4 Å². The van der Waals surface area contributed by atoms with Crippen molar-refractivity contribution in [2.75, 3.05) is 0 Å². The molecule has 3 nitrogen and oxygen atoms in total. The molecular formula is C22H23ClN2OS. The third-order valence-corrected chi connectivity index (χ3v) is 5.81. The van der Waals surface area contributed by atoms with Crippen molar-refractivity contribution in [2.45, 2.75) is 33.1 Å². The first-order valence-electron chi connectivity index (χ1n) is 8.79. The minimum absolute atomic E-state index is 0.0590. The van der Waals surface area contributed by atoms with Crippen molar-refractivity contribution in [3.05, 3.63) is 74.4 Å². The Hall–Kier alpha value is -2.17. The maximum Gasteiger partial charge on any atom is 0.279 e. The molecule has 0 aliphatic rings. The molecule has 3 rings (SSSR count). The number of nitrogens with zero attached hydrogens (tertiary/aromatic N) is 2. The fourth-order valence-corrected chi connectivity index (χ4v) is 4.06. The molecule has 0 N–H and O–H groups in total. The van der Waals surface area contributed by atoms with Gasteiger partial charge in [-0.1, -0.05) is 56.6 Å². The van der Waals surface area contributed by atoms with E-state index in [0.717, 1.165) is 16.1 Å². The first-order chi connectivity index (χ1) is 12.7. The van der Waals surface area contributed by atoms with Gasteiger partial charge in [-0.15, -0.1) is 11.3 Å². The van der Waals surface area contributed by atoms with E-state index in [1.165, 1.54) is 16.9 Å². The summed E-state index contributed by atoms with van der Waals surface area (Å²) < 4.78 is 1.96. The molecule has 3 aromatic rings. The Morgan fingerprint density at radius 1 is 1.04 bits per heavy atom. The molecule has 0 spiro atoms. The van der Waals surface area contributed by atoms with Gasteiger partial charge in [-0.05, 0) is 47.7 Å². The van der Waals surface area contributed by atoms with E-state index in [4.69, 9.17) is 11.6 Å². The maximum absolute atomic E-state index is 12.6. The number of rotatable bonds is 2. The van der Waals surface area contributed by atoms with Crippen molar-refractivity contribution < 1.29 is 4.79 Å². The number of carbonyl (C=O) groups excluding carboxylic acids is 1. The molecule has 2 aromatic carbocycles. The Bertz CT molecular complexity index is 1040. The lowest BCUT2D eigenvalue weighted by molar-refractivity contribution is 0.0998. The molecule has 27 heavy (non-hydrogen) atoms. The summed E-state index contributed by atoms with van der Waals surface area (Å²) in [6.07, 6.45) is 0. The molecule has 0 radical (unpaired) electrons. The van der Waals surface area contributed by atoms with Gasteiger partial charge in [-0.25, -0.2) is 0 Å². The molecule has 0 saturated carbocycles. The molecule has 5 heteroatoms. The van der Waals surface area contributed by atoms with Crippen molar-refractivity contribution in [3.63, 3.8) is 0 Å². The first kappa shape index (κ1) is 19.6. The van der Waals surface area contributed by atoms with E-state index < -0.39 is 0 Å². The molecule has 0 saturated heterocycles. The second kappa shape index (κ2) is 7.45. The first-order valence-corrected chi connectivity index (χ1v) is 9.98. The molecule has 140 valence electrons. The maximum atomic E-state index is 12.6. The minimum atomic E-state index is -0.227. The lowest BCUT2D eigenvalue weighted by Gasteiger charge is -2.18. The number of carbonyl (C=O) groups is 1. The van der Waals surface area contributed by atoms with Gasteiger partial charge in [-0.3, -0.25) is 4.79 Å². The van der Waals surface area contributed by atoms with Crippen molar-refractivity contribution in [1.29, 1.82) is 0 Å². The van der Waals surface area contributed by atoms with Crippen LogP contribution in [-0.2, 0) is 12.5 Å². The smallest absolute Gasteiger partial charge is 0.279 e. The number of aromatic nitrogens is 1. The summed E-state index contributed by atoms with van der Waals surface area (Å²) in [5, 5.41) is 0.702. The Morgan fingerprint density at radius 2 is 1.63 bits per heavy atom. The van der Waals surface area contributed by atoms with Gasteiger partial charge >= 0.3 is 0 Å². The second-order valence-electron chi connectivity index (χ2n) is 7.60. The van der Waals surface area contributed by atoms with Crippen LogP contribution in [0.15, 0.2) is 53.5 Å². The summed E-state index contributed by atoms with van der Waals surface area (Å²) >= 11 is 7.51. The van der Waals surface area contributed by atoms with Crippen molar-refractivity contribution in [3.8, 4) is 11.3 Å². The largest absolute Gasteiger partial charge is 0.319 e. The van der Waals surface area contributed by atoms with Crippen LogP contribution < -0.4 is 4.80 Å². The Kier molecular flexibility index (Phi) is 5.41. The minimum Gasteiger partial charge on any atom is -0.319 e. The van der Waals surface area contributed by atoms with Crippen LogP contribution in [0.25, 0.3) is 11.3 Å². The van der Waals surface area contributed by atoms with Gasteiger partial charge in [0.15, 0.2) is 4.80 Å². The number of halogens is 1. The molecule has 1 amide bonds. The van der Waals surface area contributed by atoms with Crippen molar-refractivity contribution in [1.82, 2.24) is 4.57 Å². The monoisotopic (exact) mass is 398 g/mol. The van der Waals surface area contributed by atoms with E-state index in [2.05, 4.69) is 25.8 Å². The summed E-state index contributed by atoms with van der Waals surface area (Å²) in [7, 11) is 1.93. The average Bonchev–Trinajstić information content (AvgIpc) is 2.89. The molecule has 0 unspecified atom stereocenters. The summed E-state index contributed by atoms with van der Waals surface area (Å²) in [6.45, 7) is 8.50. The molecule has 0 aliphatic carbocycles. The summed E-state index contributed by atoms with van der Waals surface area (Å²) in [5.74, 6) is -0.227. The van der Waals surface area contributed by atoms with Gasteiger partial charge in [0.1, 0.15) is 0 Å². The van der Waals surface area contributed by atoms with E-state index in [1.807, 2.05) is 67.1 Å². The zero-order valence-corrected chi connectivity index (χ0v) is 17.8. The molecular weight excluding hydrogens is 376 g/mol. The van der Waals surface area contributed by atoms with Crippen LogP contribution in [0.2, 0.25) is 5.02 Å². The van der Waals surface area contributed by atoms with Crippen LogP contribution >= 0.6 is 22.9 Å². The lowest BCUT2D eigenvalue weighted by Crippen LogP contribution is -2.15. The number of hydrogen-bond donors (Lipinski definition) is 0. The molecule has 1 heterocycles. The van der Waals surface area contributed by atoms with Gasteiger partial charge in [0.25, 0.3) is 5.91 Å². The van der Waals surface area contributed by atoms with Crippen LogP contribution in [0.3, 0.4) is 0 Å². The number of aryl methyl sites for hydroxylation is 1. The summed E-state index contributed by atoms with van der Waals surface area (Å²) in [4.78, 5) is 18.8. The highest BCUT2D eigenvalue weighted by Gasteiger charge is 2.15. The van der Waals surface area contributed by atoms with Crippen LogP contribution in [-0.4, -0.2) is 10.5 Å². The summed E-state index contributed by atoms with van der Waals surface area (Å²) in [6, 6.07) is 15.4. The number of benzene rings is 2. The SMILES string of the molecule is Cc1sc(=NC(=O)c2ccc(C(C)(C)C)cc2)n(C)c1-c1ccc(Cl)cc1. The van der Waals surface area contributed by atoms with E-state index in [9.17, 15) is 4.79 Å². The Morgan fingerprint density at radius 3 is 2.19 bits per heavy atom. The van der Waals surface area contributed by atoms with E-state index >= 15 is 0 Å². The predicted octanol–water partition coefficient (Wildman–Crippen LogP) is 5.75. The molecule has 0 aliphatic heterocycles. The van der Waals surface area contributed by atoms with Gasteiger partial charge < -0.3 is 4.57 Å². The van der Waals surface area contributed by atoms with E-state index in [-0.39, 0.29) is 11.3 Å². The molecule has 0 fully saturated rings. The fraction of sp³-hybridized carbons (Fsp3) is 0.273. The normalized spacial score (nSPS) is 12.4. The quantitative estimate of drug-likeness (QED) is 0.540. The standard InChI is InChI=1S/C22H23ClN2OS/c1-14-19(15-8-12-18(23)13-9-15)25(5)21(27-14)24-20(26)16-6-10-17(11-7-16)22(2,3)4/h6-13H,1-5H3. The highest BCUT2D eigenvalue weighted by Crippen LogP contribution is 2.26. The molecule has 0 atom stereocenters. The lowest BCUT2D eigenvalue weighted by atomic mass is 9.87. The zero-order chi connectivity index (χ0) is 19.8. The third-order valence-electron chi connectivity index (χ3n) is 4.51. The van der Waals surface area contributed by atoms with E-state index in [1.54, 1.807) is 0 Å². The highest BCUT2D eigenvalue weighted by atomic mass is 35.5. The zero-order valence-electron chi connectivity index (χ0n) is 16.2. The van der Waals surface area contributed by atoms with Crippen LogP contribution in [0.1, 0.15) is 41.6 Å². The summed E-state index contributed by atoms with van der Waals surface area (Å²) in [5.41, 5.74) is 3.96. The number of hydrogen-bond acceptors (Lipinski definition) is 2. The molecule has 1 aromatic heterocycles. The average molecular weight is 399 g/mol. The number of thiazole rings is 1. The fourth-order valence-electron chi connectivity index (χ4n) is 2.95.